The largest absolute Gasteiger partial charge is 0.354 e. The minimum Gasteiger partial charge on any atom is -0.354 e. The highest BCUT2D eigenvalue weighted by Gasteiger charge is 2.48. The van der Waals surface area contributed by atoms with Gasteiger partial charge in [-0.25, -0.2) is 0 Å². The fraction of sp³-hybridized carbons (Fsp3) is 1.00. The molecule has 3 fully saturated rings. The summed E-state index contributed by atoms with van der Waals surface area (Å²) in [5.41, 5.74) is 0. The minimum atomic E-state index is 0.215. The molecular formula is C8H12O4S. The van der Waals surface area contributed by atoms with Crippen molar-refractivity contribution in [1.82, 2.24) is 0 Å². The number of fused-ring (bicyclic) bond motifs is 3. The second kappa shape index (κ2) is 3.40. The average molecular weight is 204 g/mol. The first-order chi connectivity index (χ1) is 6.45. The standard InChI is InChI=1S/C8H12O4S/c1-5-7(11-3-9-1)8-6(13-5)2-10-4-12-8/h5-8H,1-4H2/t5-,6?,7+,8?/m1/s1. The van der Waals surface area contributed by atoms with E-state index >= 15 is 0 Å². The van der Waals surface area contributed by atoms with E-state index in [4.69, 9.17) is 18.9 Å². The third-order valence-corrected chi connectivity index (χ3v) is 4.17. The van der Waals surface area contributed by atoms with Gasteiger partial charge < -0.3 is 18.9 Å². The minimum absolute atomic E-state index is 0.215. The Morgan fingerprint density at radius 3 is 1.92 bits per heavy atom. The molecule has 3 rings (SSSR count). The van der Waals surface area contributed by atoms with Crippen molar-refractivity contribution in [3.05, 3.63) is 0 Å². The molecule has 2 unspecified atom stereocenters. The van der Waals surface area contributed by atoms with Crippen LogP contribution in [0.15, 0.2) is 0 Å². The molecule has 0 bridgehead atoms. The van der Waals surface area contributed by atoms with Crippen LogP contribution < -0.4 is 0 Å². The third-order valence-electron chi connectivity index (χ3n) is 2.66. The van der Waals surface area contributed by atoms with E-state index in [2.05, 4.69) is 0 Å². The average Bonchev–Trinajstić information content (AvgIpc) is 2.56. The predicted octanol–water partition coefficient (Wildman–Crippen LogP) is 0.216. The van der Waals surface area contributed by atoms with Gasteiger partial charge in [-0.2, -0.15) is 0 Å². The maximum atomic E-state index is 5.55. The SMILES string of the molecule is C1OCC2S[C@@H]3COCO[C@@H]3C2O1. The van der Waals surface area contributed by atoms with E-state index in [9.17, 15) is 0 Å². The van der Waals surface area contributed by atoms with Crippen LogP contribution in [0.3, 0.4) is 0 Å². The Kier molecular flexibility index (Phi) is 2.22. The van der Waals surface area contributed by atoms with E-state index in [0.29, 0.717) is 24.1 Å². The van der Waals surface area contributed by atoms with E-state index in [1.807, 2.05) is 11.8 Å². The van der Waals surface area contributed by atoms with Gasteiger partial charge in [-0.3, -0.25) is 0 Å². The molecule has 0 radical (unpaired) electrons. The Hall–Kier alpha value is 0.190. The zero-order chi connectivity index (χ0) is 8.67. The van der Waals surface area contributed by atoms with E-state index in [1.165, 1.54) is 0 Å². The first-order valence-corrected chi connectivity index (χ1v) is 5.43. The van der Waals surface area contributed by atoms with Gasteiger partial charge >= 0.3 is 0 Å². The van der Waals surface area contributed by atoms with Crippen LogP contribution >= 0.6 is 11.8 Å². The molecular weight excluding hydrogens is 192 g/mol. The Morgan fingerprint density at radius 2 is 1.38 bits per heavy atom. The van der Waals surface area contributed by atoms with Gasteiger partial charge in [0.1, 0.15) is 25.8 Å². The van der Waals surface area contributed by atoms with Crippen molar-refractivity contribution in [3.8, 4) is 0 Å². The fourth-order valence-electron chi connectivity index (χ4n) is 2.06. The van der Waals surface area contributed by atoms with Crippen LogP contribution in [0.25, 0.3) is 0 Å². The summed E-state index contributed by atoms with van der Waals surface area (Å²) in [5.74, 6) is 0. The monoisotopic (exact) mass is 204 g/mol. The molecule has 3 heterocycles. The highest BCUT2D eigenvalue weighted by atomic mass is 32.2. The molecule has 74 valence electrons. The maximum absolute atomic E-state index is 5.55. The molecule has 0 saturated carbocycles. The first kappa shape index (κ1) is 8.49. The van der Waals surface area contributed by atoms with Gasteiger partial charge in [0, 0.05) is 0 Å². The third kappa shape index (κ3) is 1.39. The molecule has 0 aromatic carbocycles. The molecule has 0 aromatic rings. The molecule has 0 N–H and O–H groups in total. The van der Waals surface area contributed by atoms with Crippen molar-refractivity contribution in [3.63, 3.8) is 0 Å². The van der Waals surface area contributed by atoms with Gasteiger partial charge in [0.15, 0.2) is 0 Å². The van der Waals surface area contributed by atoms with E-state index in [-0.39, 0.29) is 12.2 Å². The molecule has 4 nitrogen and oxygen atoms in total. The Morgan fingerprint density at radius 1 is 0.846 bits per heavy atom. The normalized spacial score (nSPS) is 49.8. The number of ether oxygens (including phenoxy) is 4. The highest BCUT2D eigenvalue weighted by Crippen LogP contribution is 2.41. The van der Waals surface area contributed by atoms with Crippen molar-refractivity contribution in [2.24, 2.45) is 0 Å². The van der Waals surface area contributed by atoms with Crippen LogP contribution in [0.2, 0.25) is 0 Å². The summed E-state index contributed by atoms with van der Waals surface area (Å²) in [6.45, 7) is 2.39. The van der Waals surface area contributed by atoms with Crippen molar-refractivity contribution >= 4 is 11.8 Å². The Labute approximate surface area is 80.9 Å². The van der Waals surface area contributed by atoms with Crippen molar-refractivity contribution in [2.45, 2.75) is 22.7 Å². The topological polar surface area (TPSA) is 36.9 Å². The zero-order valence-electron chi connectivity index (χ0n) is 7.18. The molecule has 0 aliphatic carbocycles. The second-order valence-corrected chi connectivity index (χ2v) is 4.94. The molecule has 0 aromatic heterocycles. The Balaban J connectivity index is 1.76. The second-order valence-electron chi connectivity index (χ2n) is 3.45. The summed E-state index contributed by atoms with van der Waals surface area (Å²) in [6.07, 6.45) is 0.431. The van der Waals surface area contributed by atoms with Crippen molar-refractivity contribution < 1.29 is 18.9 Å². The van der Waals surface area contributed by atoms with Crippen molar-refractivity contribution in [1.29, 1.82) is 0 Å². The molecule has 3 aliphatic rings. The molecule has 0 amide bonds. The lowest BCUT2D eigenvalue weighted by Gasteiger charge is -2.31. The molecule has 13 heavy (non-hydrogen) atoms. The quantitative estimate of drug-likeness (QED) is 0.564. The highest BCUT2D eigenvalue weighted by molar-refractivity contribution is 8.01. The molecule has 3 aliphatic heterocycles. The number of rotatable bonds is 0. The predicted molar refractivity (Wildman–Crippen MR) is 46.6 cm³/mol. The summed E-state index contributed by atoms with van der Waals surface area (Å²) < 4.78 is 21.6. The van der Waals surface area contributed by atoms with E-state index in [1.54, 1.807) is 0 Å². The van der Waals surface area contributed by atoms with Gasteiger partial charge in [0.2, 0.25) is 0 Å². The molecule has 5 heteroatoms. The van der Waals surface area contributed by atoms with E-state index < -0.39 is 0 Å². The van der Waals surface area contributed by atoms with Crippen molar-refractivity contribution in [2.75, 3.05) is 26.8 Å². The zero-order valence-corrected chi connectivity index (χ0v) is 8.00. The number of thioether (sulfide) groups is 1. The van der Waals surface area contributed by atoms with Crippen LogP contribution in [0.1, 0.15) is 0 Å². The van der Waals surface area contributed by atoms with Crippen LogP contribution in [0, 0.1) is 0 Å². The fourth-order valence-corrected chi connectivity index (χ4v) is 3.63. The lowest BCUT2D eigenvalue weighted by atomic mass is 10.1. The van der Waals surface area contributed by atoms with Crippen LogP contribution in [-0.2, 0) is 18.9 Å². The maximum Gasteiger partial charge on any atom is 0.147 e. The molecule has 3 saturated heterocycles. The van der Waals surface area contributed by atoms with Gasteiger partial charge in [-0.1, -0.05) is 0 Å². The van der Waals surface area contributed by atoms with Gasteiger partial charge in [-0.15, -0.1) is 11.8 Å². The number of hydrogen-bond acceptors (Lipinski definition) is 5. The summed E-state index contributed by atoms with van der Waals surface area (Å²) in [4.78, 5) is 0. The summed E-state index contributed by atoms with van der Waals surface area (Å²) in [5, 5.41) is 0.871. The number of hydrogen-bond donors (Lipinski definition) is 0. The van der Waals surface area contributed by atoms with Crippen LogP contribution in [0.4, 0.5) is 0 Å². The lowest BCUT2D eigenvalue weighted by Crippen LogP contribution is -2.45. The molecule has 0 spiro atoms. The Bertz CT molecular complexity index is 181. The molecule has 4 atom stereocenters. The smallest absolute Gasteiger partial charge is 0.147 e. The van der Waals surface area contributed by atoms with Gasteiger partial charge in [-0.05, 0) is 0 Å². The summed E-state index contributed by atoms with van der Waals surface area (Å²) in [6, 6.07) is 0. The van der Waals surface area contributed by atoms with Gasteiger partial charge in [0.05, 0.1) is 23.7 Å². The first-order valence-electron chi connectivity index (χ1n) is 4.49. The van der Waals surface area contributed by atoms with Crippen LogP contribution in [0.5, 0.6) is 0 Å². The van der Waals surface area contributed by atoms with Gasteiger partial charge in [0.25, 0.3) is 0 Å². The lowest BCUT2D eigenvalue weighted by molar-refractivity contribution is -0.208. The van der Waals surface area contributed by atoms with Crippen LogP contribution in [-0.4, -0.2) is 49.5 Å². The summed E-state index contributed by atoms with van der Waals surface area (Å²) >= 11 is 1.88. The van der Waals surface area contributed by atoms with E-state index in [0.717, 1.165) is 13.2 Å². The summed E-state index contributed by atoms with van der Waals surface area (Å²) in [7, 11) is 0.